The van der Waals surface area contributed by atoms with Crippen molar-refractivity contribution in [1.82, 2.24) is 10.3 Å². The highest BCUT2D eigenvalue weighted by molar-refractivity contribution is 6.04. The second-order valence-electron chi connectivity index (χ2n) is 6.62. The highest BCUT2D eigenvalue weighted by atomic mass is 16.5. The van der Waals surface area contributed by atoms with E-state index in [0.717, 1.165) is 16.7 Å². The van der Waals surface area contributed by atoms with Crippen LogP contribution in [0.25, 0.3) is 0 Å². The number of nitrogens with zero attached hydrogens (tertiary/aromatic N) is 1. The van der Waals surface area contributed by atoms with E-state index in [1.807, 2.05) is 50.2 Å². The van der Waals surface area contributed by atoms with E-state index in [0.29, 0.717) is 17.0 Å². The molecule has 0 unspecified atom stereocenters. The molecule has 3 aromatic rings. The Morgan fingerprint density at radius 1 is 1.00 bits per heavy atom. The van der Waals surface area contributed by atoms with Crippen molar-refractivity contribution < 1.29 is 14.3 Å². The third kappa shape index (κ3) is 5.42. The number of benzene rings is 2. The molecule has 148 valence electrons. The number of carbonyl (C=O) groups is 2. The fourth-order valence-corrected chi connectivity index (χ4v) is 2.76. The molecule has 6 heteroatoms. The summed E-state index contributed by atoms with van der Waals surface area (Å²) in [6.07, 6.45) is 3.12. The van der Waals surface area contributed by atoms with Gasteiger partial charge in [-0.15, -0.1) is 0 Å². The summed E-state index contributed by atoms with van der Waals surface area (Å²) in [5, 5.41) is 5.69. The number of aryl methyl sites for hydroxylation is 1. The van der Waals surface area contributed by atoms with Crippen LogP contribution in [-0.4, -0.2) is 23.4 Å². The average molecular weight is 389 g/mol. The maximum Gasteiger partial charge on any atom is 0.258 e. The summed E-state index contributed by atoms with van der Waals surface area (Å²) >= 11 is 0. The Kier molecular flexibility index (Phi) is 6.58. The van der Waals surface area contributed by atoms with Crippen LogP contribution >= 0.6 is 0 Å². The van der Waals surface area contributed by atoms with E-state index in [1.165, 1.54) is 6.20 Å². The molecular formula is C23H23N3O3. The predicted molar refractivity (Wildman–Crippen MR) is 112 cm³/mol. The van der Waals surface area contributed by atoms with Gasteiger partial charge in [0, 0.05) is 24.6 Å². The van der Waals surface area contributed by atoms with Crippen LogP contribution in [0, 0.1) is 13.8 Å². The van der Waals surface area contributed by atoms with Gasteiger partial charge in [-0.25, -0.2) is 0 Å². The van der Waals surface area contributed by atoms with Crippen molar-refractivity contribution in [3.63, 3.8) is 0 Å². The molecule has 0 bridgehead atoms. The van der Waals surface area contributed by atoms with Gasteiger partial charge in [0.25, 0.3) is 11.8 Å². The van der Waals surface area contributed by atoms with Gasteiger partial charge >= 0.3 is 0 Å². The summed E-state index contributed by atoms with van der Waals surface area (Å²) in [7, 11) is 0. The van der Waals surface area contributed by atoms with Gasteiger partial charge in [0.1, 0.15) is 5.75 Å². The van der Waals surface area contributed by atoms with Crippen LogP contribution in [0.3, 0.4) is 0 Å². The number of carbonyl (C=O) groups excluding carboxylic acids is 2. The van der Waals surface area contributed by atoms with E-state index in [2.05, 4.69) is 15.6 Å². The third-order valence-electron chi connectivity index (χ3n) is 4.58. The Balaban J connectivity index is 1.57. The van der Waals surface area contributed by atoms with Crippen LogP contribution in [0.5, 0.6) is 5.75 Å². The number of anilines is 1. The molecule has 0 radical (unpaired) electrons. The summed E-state index contributed by atoms with van der Waals surface area (Å²) in [5.41, 5.74) is 4.03. The summed E-state index contributed by atoms with van der Waals surface area (Å²) < 4.78 is 5.63. The van der Waals surface area contributed by atoms with E-state index >= 15 is 0 Å². The first-order chi connectivity index (χ1) is 14.0. The fourth-order valence-electron chi connectivity index (χ4n) is 2.76. The minimum Gasteiger partial charge on any atom is -0.483 e. The molecule has 0 aliphatic rings. The minimum atomic E-state index is -0.255. The summed E-state index contributed by atoms with van der Waals surface area (Å²) in [5.74, 6) is 0.207. The molecule has 29 heavy (non-hydrogen) atoms. The van der Waals surface area contributed by atoms with Gasteiger partial charge in [-0.3, -0.25) is 14.6 Å². The van der Waals surface area contributed by atoms with E-state index in [4.69, 9.17) is 4.74 Å². The highest BCUT2D eigenvalue weighted by Crippen LogP contribution is 2.20. The number of rotatable bonds is 7. The van der Waals surface area contributed by atoms with Gasteiger partial charge in [0.15, 0.2) is 6.61 Å². The highest BCUT2D eigenvalue weighted by Gasteiger charge is 2.11. The summed E-state index contributed by atoms with van der Waals surface area (Å²) in [6.45, 7) is 4.16. The Bertz CT molecular complexity index is 1000. The van der Waals surface area contributed by atoms with Crippen molar-refractivity contribution in [2.24, 2.45) is 0 Å². The van der Waals surface area contributed by atoms with E-state index in [9.17, 15) is 9.59 Å². The van der Waals surface area contributed by atoms with Gasteiger partial charge < -0.3 is 15.4 Å². The van der Waals surface area contributed by atoms with Crippen LogP contribution in [-0.2, 0) is 11.3 Å². The molecule has 0 aliphatic carbocycles. The van der Waals surface area contributed by atoms with Crippen molar-refractivity contribution in [1.29, 1.82) is 0 Å². The van der Waals surface area contributed by atoms with Crippen LogP contribution in [0.1, 0.15) is 27.0 Å². The summed E-state index contributed by atoms with van der Waals surface area (Å²) in [4.78, 5) is 28.5. The average Bonchev–Trinajstić information content (AvgIpc) is 2.74. The van der Waals surface area contributed by atoms with E-state index in [1.54, 1.807) is 24.4 Å². The molecule has 0 atom stereocenters. The predicted octanol–water partition coefficient (Wildman–Crippen LogP) is 3.65. The Morgan fingerprint density at radius 2 is 1.83 bits per heavy atom. The van der Waals surface area contributed by atoms with Gasteiger partial charge in [-0.2, -0.15) is 0 Å². The maximum atomic E-state index is 12.4. The van der Waals surface area contributed by atoms with Crippen LogP contribution in [0.4, 0.5) is 5.69 Å². The van der Waals surface area contributed by atoms with Gasteiger partial charge in [-0.05, 0) is 54.8 Å². The topological polar surface area (TPSA) is 80.3 Å². The number of amides is 2. The molecule has 0 fully saturated rings. The molecular weight excluding hydrogens is 366 g/mol. The van der Waals surface area contributed by atoms with Crippen LogP contribution in [0.15, 0.2) is 67.0 Å². The molecule has 0 saturated heterocycles. The molecule has 2 amide bonds. The molecule has 2 N–H and O–H groups in total. The lowest BCUT2D eigenvalue weighted by Crippen LogP contribution is -2.29. The maximum absolute atomic E-state index is 12.4. The number of hydrogen-bond acceptors (Lipinski definition) is 4. The largest absolute Gasteiger partial charge is 0.483 e. The quantitative estimate of drug-likeness (QED) is 0.646. The molecule has 1 heterocycles. The molecule has 2 aromatic carbocycles. The van der Waals surface area contributed by atoms with E-state index < -0.39 is 0 Å². The summed E-state index contributed by atoms with van der Waals surface area (Å²) in [6, 6.07) is 16.5. The lowest BCUT2D eigenvalue weighted by Gasteiger charge is -2.13. The van der Waals surface area contributed by atoms with Gasteiger partial charge in [-0.1, -0.05) is 30.3 Å². The van der Waals surface area contributed by atoms with Crippen LogP contribution < -0.4 is 15.4 Å². The number of pyridine rings is 1. The van der Waals surface area contributed by atoms with Crippen molar-refractivity contribution in [2.45, 2.75) is 20.4 Å². The van der Waals surface area contributed by atoms with Gasteiger partial charge in [0.2, 0.25) is 0 Å². The molecule has 0 spiro atoms. The zero-order valence-electron chi connectivity index (χ0n) is 16.4. The first-order valence-electron chi connectivity index (χ1n) is 9.29. The van der Waals surface area contributed by atoms with Crippen molar-refractivity contribution in [3.05, 3.63) is 89.2 Å². The number of hydrogen-bond donors (Lipinski definition) is 2. The Morgan fingerprint density at radius 3 is 2.62 bits per heavy atom. The van der Waals surface area contributed by atoms with Crippen molar-refractivity contribution >= 4 is 17.5 Å². The zero-order valence-corrected chi connectivity index (χ0v) is 16.4. The number of aromatic nitrogens is 1. The monoisotopic (exact) mass is 389 g/mol. The third-order valence-corrected chi connectivity index (χ3v) is 4.58. The first kappa shape index (κ1) is 20.1. The van der Waals surface area contributed by atoms with E-state index in [-0.39, 0.29) is 25.0 Å². The standard InChI is InChI=1S/C23H23N3O3/c1-16-7-5-11-21(17(16)2)29-15-22(27)25-14-18-8-3-4-10-20(18)26-23(28)19-9-6-12-24-13-19/h3-13H,14-15H2,1-2H3,(H,25,27)(H,26,28). The molecule has 6 nitrogen and oxygen atoms in total. The molecule has 3 rings (SSSR count). The number of ether oxygens (including phenoxy) is 1. The lowest BCUT2D eigenvalue weighted by molar-refractivity contribution is -0.123. The first-order valence-corrected chi connectivity index (χ1v) is 9.29. The SMILES string of the molecule is Cc1cccc(OCC(=O)NCc2ccccc2NC(=O)c2cccnc2)c1C. The van der Waals surface area contributed by atoms with Crippen molar-refractivity contribution in [2.75, 3.05) is 11.9 Å². The van der Waals surface area contributed by atoms with Crippen LogP contribution in [0.2, 0.25) is 0 Å². The number of nitrogens with one attached hydrogen (secondary N) is 2. The minimum absolute atomic E-state index is 0.0749. The molecule has 0 aliphatic heterocycles. The van der Waals surface area contributed by atoms with Gasteiger partial charge in [0.05, 0.1) is 5.56 Å². The zero-order chi connectivity index (χ0) is 20.6. The second kappa shape index (κ2) is 9.50. The second-order valence-corrected chi connectivity index (χ2v) is 6.62. The lowest BCUT2D eigenvalue weighted by atomic mass is 10.1. The Hall–Kier alpha value is -3.67. The Labute approximate surface area is 169 Å². The molecule has 1 aromatic heterocycles. The van der Waals surface area contributed by atoms with Crippen molar-refractivity contribution in [3.8, 4) is 5.75 Å². The fraction of sp³-hybridized carbons (Fsp3) is 0.174. The normalized spacial score (nSPS) is 10.3. The number of para-hydroxylation sites is 1. The smallest absolute Gasteiger partial charge is 0.258 e. The molecule has 0 saturated carbocycles.